The maximum atomic E-state index is 13.0. The number of anilines is 1. The molecule has 1 aromatic heterocycles. The van der Waals surface area contributed by atoms with E-state index in [0.717, 1.165) is 17.3 Å². The summed E-state index contributed by atoms with van der Waals surface area (Å²) in [7, 11) is -3.60. The quantitative estimate of drug-likeness (QED) is 0.780. The lowest BCUT2D eigenvalue weighted by Gasteiger charge is -2.23. The SMILES string of the molecule is CCc1ccc(N(CC)S(=O)(=O)c2ccc3[nH]ncc3c2)cc1. The second-order valence-corrected chi connectivity index (χ2v) is 7.17. The summed E-state index contributed by atoms with van der Waals surface area (Å²) < 4.78 is 27.4. The van der Waals surface area contributed by atoms with Crippen molar-refractivity contribution in [3.63, 3.8) is 0 Å². The zero-order valence-electron chi connectivity index (χ0n) is 13.2. The van der Waals surface area contributed by atoms with E-state index in [0.29, 0.717) is 12.2 Å². The summed E-state index contributed by atoms with van der Waals surface area (Å²) in [5.74, 6) is 0. The number of fused-ring (bicyclic) bond motifs is 1. The van der Waals surface area contributed by atoms with Crippen molar-refractivity contribution in [2.75, 3.05) is 10.8 Å². The van der Waals surface area contributed by atoms with Gasteiger partial charge in [0, 0.05) is 11.9 Å². The Kier molecular flexibility index (Phi) is 4.09. The Labute approximate surface area is 136 Å². The minimum atomic E-state index is -3.60. The van der Waals surface area contributed by atoms with Crippen molar-refractivity contribution in [3.8, 4) is 0 Å². The highest BCUT2D eigenvalue weighted by Gasteiger charge is 2.23. The van der Waals surface area contributed by atoms with Crippen LogP contribution in [0.3, 0.4) is 0 Å². The molecule has 0 amide bonds. The first-order chi connectivity index (χ1) is 11.1. The van der Waals surface area contributed by atoms with Gasteiger partial charge < -0.3 is 0 Å². The summed E-state index contributed by atoms with van der Waals surface area (Å²) in [6.45, 7) is 4.28. The molecule has 6 heteroatoms. The fourth-order valence-electron chi connectivity index (χ4n) is 2.60. The third kappa shape index (κ3) is 2.82. The predicted octanol–water partition coefficient (Wildman–Crippen LogP) is 3.34. The fourth-order valence-corrected chi connectivity index (χ4v) is 4.11. The fraction of sp³-hybridized carbons (Fsp3) is 0.235. The molecule has 0 spiro atoms. The van der Waals surface area contributed by atoms with Crippen LogP contribution in [0.1, 0.15) is 19.4 Å². The van der Waals surface area contributed by atoms with Gasteiger partial charge in [0.05, 0.1) is 22.3 Å². The molecular weight excluding hydrogens is 310 g/mol. The number of nitrogens with one attached hydrogen (secondary N) is 1. The van der Waals surface area contributed by atoms with Crippen LogP contribution in [0, 0.1) is 0 Å². The summed E-state index contributed by atoms with van der Waals surface area (Å²) in [6.07, 6.45) is 2.55. The molecule has 3 aromatic rings. The minimum absolute atomic E-state index is 0.271. The lowest BCUT2D eigenvalue weighted by Crippen LogP contribution is -2.30. The number of H-pyrrole nitrogens is 1. The average Bonchev–Trinajstić information content (AvgIpc) is 3.03. The van der Waals surface area contributed by atoms with Crippen LogP contribution in [0.4, 0.5) is 5.69 Å². The molecule has 0 bridgehead atoms. The number of aromatic amines is 1. The summed E-state index contributed by atoms with van der Waals surface area (Å²) in [4.78, 5) is 0.271. The number of aryl methyl sites for hydroxylation is 1. The van der Waals surface area contributed by atoms with Gasteiger partial charge in [0.1, 0.15) is 0 Å². The molecular formula is C17H19N3O2S. The Hall–Kier alpha value is -2.34. The van der Waals surface area contributed by atoms with E-state index in [4.69, 9.17) is 0 Å². The molecule has 0 aliphatic heterocycles. The molecule has 5 nitrogen and oxygen atoms in total. The van der Waals surface area contributed by atoms with Crippen molar-refractivity contribution in [2.24, 2.45) is 0 Å². The van der Waals surface area contributed by atoms with E-state index in [-0.39, 0.29) is 4.90 Å². The molecule has 0 unspecified atom stereocenters. The van der Waals surface area contributed by atoms with E-state index in [1.54, 1.807) is 24.4 Å². The zero-order valence-corrected chi connectivity index (χ0v) is 14.0. The van der Waals surface area contributed by atoms with Crippen LogP contribution < -0.4 is 4.31 Å². The Bertz CT molecular complexity index is 914. The standard InChI is InChI=1S/C17H19N3O2S/c1-3-13-5-7-15(8-6-13)20(4-2)23(21,22)16-9-10-17-14(11-16)12-18-19-17/h5-12H,3-4H2,1-2H3,(H,18,19). The predicted molar refractivity (Wildman–Crippen MR) is 92.1 cm³/mol. The molecule has 2 aromatic carbocycles. The number of sulfonamides is 1. The second-order valence-electron chi connectivity index (χ2n) is 5.31. The highest BCUT2D eigenvalue weighted by Crippen LogP contribution is 2.26. The molecule has 0 radical (unpaired) electrons. The van der Waals surface area contributed by atoms with Crippen LogP contribution in [-0.2, 0) is 16.4 Å². The van der Waals surface area contributed by atoms with Gasteiger partial charge in [0.15, 0.2) is 0 Å². The number of nitrogens with zero attached hydrogens (tertiary/aromatic N) is 2. The molecule has 1 heterocycles. The smallest absolute Gasteiger partial charge is 0.264 e. The first kappa shape index (κ1) is 15.6. The summed E-state index contributed by atoms with van der Waals surface area (Å²) in [5.41, 5.74) is 2.68. The van der Waals surface area contributed by atoms with Crippen LogP contribution in [0.15, 0.2) is 53.6 Å². The lowest BCUT2D eigenvalue weighted by molar-refractivity contribution is 0.592. The second kappa shape index (κ2) is 6.04. The van der Waals surface area contributed by atoms with E-state index in [1.165, 1.54) is 9.87 Å². The minimum Gasteiger partial charge on any atom is -0.278 e. The highest BCUT2D eigenvalue weighted by atomic mass is 32.2. The first-order valence-electron chi connectivity index (χ1n) is 7.61. The van der Waals surface area contributed by atoms with Crippen molar-refractivity contribution < 1.29 is 8.42 Å². The highest BCUT2D eigenvalue weighted by molar-refractivity contribution is 7.92. The maximum Gasteiger partial charge on any atom is 0.264 e. The molecule has 1 N–H and O–H groups in total. The molecule has 0 saturated carbocycles. The third-order valence-corrected chi connectivity index (χ3v) is 5.82. The van der Waals surface area contributed by atoms with Gasteiger partial charge >= 0.3 is 0 Å². The van der Waals surface area contributed by atoms with Gasteiger partial charge in [-0.15, -0.1) is 0 Å². The molecule has 0 saturated heterocycles. The summed E-state index contributed by atoms with van der Waals surface area (Å²) >= 11 is 0. The van der Waals surface area contributed by atoms with Gasteiger partial charge in [-0.3, -0.25) is 9.40 Å². The normalized spacial score (nSPS) is 11.7. The van der Waals surface area contributed by atoms with Crippen LogP contribution >= 0.6 is 0 Å². The van der Waals surface area contributed by atoms with Gasteiger partial charge in [-0.05, 0) is 49.2 Å². The van der Waals surface area contributed by atoms with Crippen LogP contribution in [-0.4, -0.2) is 25.2 Å². The average molecular weight is 329 g/mol. The maximum absolute atomic E-state index is 13.0. The van der Waals surface area contributed by atoms with E-state index in [2.05, 4.69) is 17.1 Å². The van der Waals surface area contributed by atoms with E-state index < -0.39 is 10.0 Å². The number of aromatic nitrogens is 2. The van der Waals surface area contributed by atoms with Crippen molar-refractivity contribution >= 4 is 26.6 Å². The van der Waals surface area contributed by atoms with Crippen molar-refractivity contribution in [1.82, 2.24) is 10.2 Å². The number of rotatable bonds is 5. The summed E-state index contributed by atoms with van der Waals surface area (Å²) in [5, 5.41) is 7.54. The number of hydrogen-bond acceptors (Lipinski definition) is 3. The number of benzene rings is 2. The molecule has 0 fully saturated rings. The van der Waals surface area contributed by atoms with Gasteiger partial charge in [0.2, 0.25) is 0 Å². The molecule has 3 rings (SSSR count). The van der Waals surface area contributed by atoms with Crippen molar-refractivity contribution in [2.45, 2.75) is 25.2 Å². The Balaban J connectivity index is 2.03. The van der Waals surface area contributed by atoms with Crippen molar-refractivity contribution in [1.29, 1.82) is 0 Å². The Morgan fingerprint density at radius 2 is 1.83 bits per heavy atom. The lowest BCUT2D eigenvalue weighted by atomic mass is 10.1. The molecule has 23 heavy (non-hydrogen) atoms. The molecule has 0 aliphatic rings. The van der Waals surface area contributed by atoms with Crippen molar-refractivity contribution in [3.05, 3.63) is 54.2 Å². The third-order valence-electron chi connectivity index (χ3n) is 3.92. The summed E-state index contributed by atoms with van der Waals surface area (Å²) in [6, 6.07) is 12.6. The van der Waals surface area contributed by atoms with Gasteiger partial charge in [-0.1, -0.05) is 19.1 Å². The molecule has 0 atom stereocenters. The van der Waals surface area contributed by atoms with Crippen LogP contribution in [0.5, 0.6) is 0 Å². The van der Waals surface area contributed by atoms with E-state index in [9.17, 15) is 8.42 Å². The number of hydrogen-bond donors (Lipinski definition) is 1. The van der Waals surface area contributed by atoms with E-state index >= 15 is 0 Å². The van der Waals surface area contributed by atoms with Crippen LogP contribution in [0.25, 0.3) is 10.9 Å². The Morgan fingerprint density at radius 1 is 1.09 bits per heavy atom. The van der Waals surface area contributed by atoms with Crippen LogP contribution in [0.2, 0.25) is 0 Å². The topological polar surface area (TPSA) is 66.1 Å². The monoisotopic (exact) mass is 329 g/mol. The largest absolute Gasteiger partial charge is 0.278 e. The van der Waals surface area contributed by atoms with Gasteiger partial charge in [-0.25, -0.2) is 8.42 Å². The molecule has 120 valence electrons. The van der Waals surface area contributed by atoms with Gasteiger partial charge in [0.25, 0.3) is 10.0 Å². The van der Waals surface area contributed by atoms with E-state index in [1.807, 2.05) is 31.2 Å². The Morgan fingerprint density at radius 3 is 2.48 bits per heavy atom. The molecule has 0 aliphatic carbocycles. The zero-order chi connectivity index (χ0) is 16.4. The van der Waals surface area contributed by atoms with Gasteiger partial charge in [-0.2, -0.15) is 5.10 Å². The first-order valence-corrected chi connectivity index (χ1v) is 9.05.